The maximum Gasteiger partial charge on any atom is 0.123 e. The lowest BCUT2D eigenvalue weighted by Crippen LogP contribution is -2.26. The molecule has 4 heteroatoms. The maximum atomic E-state index is 11.4. The standard InChI is InChI=1S/C13H21NO2S/c1-5-14-12(9-17(4)15)11-8-10(2)6-7-13(11)16-3/h6-8,12,14H,5,9H2,1-4H3. The average molecular weight is 255 g/mol. The van der Waals surface area contributed by atoms with Gasteiger partial charge >= 0.3 is 0 Å². The molecule has 1 rings (SSSR count). The summed E-state index contributed by atoms with van der Waals surface area (Å²) in [6, 6.07) is 6.17. The van der Waals surface area contributed by atoms with E-state index in [1.807, 2.05) is 19.1 Å². The van der Waals surface area contributed by atoms with Gasteiger partial charge in [-0.2, -0.15) is 0 Å². The second-order valence-electron chi connectivity index (χ2n) is 4.10. The van der Waals surface area contributed by atoms with Crippen LogP contribution in [0.2, 0.25) is 0 Å². The van der Waals surface area contributed by atoms with E-state index in [1.54, 1.807) is 13.4 Å². The van der Waals surface area contributed by atoms with Crippen molar-refractivity contribution in [2.75, 3.05) is 25.7 Å². The Balaban J connectivity index is 3.06. The number of ether oxygens (including phenoxy) is 1. The van der Waals surface area contributed by atoms with Gasteiger partial charge in [-0.25, -0.2) is 0 Å². The van der Waals surface area contributed by atoms with E-state index in [-0.39, 0.29) is 6.04 Å². The van der Waals surface area contributed by atoms with Gasteiger partial charge in [0.05, 0.1) is 7.11 Å². The highest BCUT2D eigenvalue weighted by Gasteiger charge is 2.16. The number of benzene rings is 1. The molecule has 2 unspecified atom stereocenters. The van der Waals surface area contributed by atoms with Gasteiger partial charge in [-0.15, -0.1) is 0 Å². The largest absolute Gasteiger partial charge is 0.496 e. The fraction of sp³-hybridized carbons (Fsp3) is 0.538. The van der Waals surface area contributed by atoms with E-state index in [0.717, 1.165) is 17.9 Å². The first-order valence-electron chi connectivity index (χ1n) is 5.76. The van der Waals surface area contributed by atoms with E-state index in [9.17, 15) is 4.21 Å². The summed E-state index contributed by atoms with van der Waals surface area (Å²) in [5, 5.41) is 3.36. The van der Waals surface area contributed by atoms with Crippen molar-refractivity contribution in [2.45, 2.75) is 19.9 Å². The Morgan fingerprint density at radius 3 is 2.71 bits per heavy atom. The molecule has 0 aromatic heterocycles. The predicted octanol–water partition coefficient (Wildman–Crippen LogP) is 2.03. The number of aryl methyl sites for hydroxylation is 1. The Kier molecular flexibility index (Phi) is 5.65. The van der Waals surface area contributed by atoms with Crippen LogP contribution < -0.4 is 10.1 Å². The smallest absolute Gasteiger partial charge is 0.123 e. The first kappa shape index (κ1) is 14.2. The third-order valence-electron chi connectivity index (χ3n) is 2.61. The van der Waals surface area contributed by atoms with Crippen LogP contribution in [0.1, 0.15) is 24.1 Å². The molecule has 0 amide bonds. The fourth-order valence-electron chi connectivity index (χ4n) is 1.87. The molecule has 0 radical (unpaired) electrons. The van der Waals surface area contributed by atoms with Crippen LogP contribution in [0.25, 0.3) is 0 Å². The van der Waals surface area contributed by atoms with Gasteiger partial charge in [-0.05, 0) is 19.5 Å². The summed E-state index contributed by atoms with van der Waals surface area (Å²) in [5.41, 5.74) is 2.27. The van der Waals surface area contributed by atoms with Crippen molar-refractivity contribution < 1.29 is 8.95 Å². The molecule has 1 aromatic rings. The zero-order chi connectivity index (χ0) is 12.8. The van der Waals surface area contributed by atoms with Gasteiger partial charge in [0.2, 0.25) is 0 Å². The fourth-order valence-corrected chi connectivity index (χ4v) is 2.63. The minimum absolute atomic E-state index is 0.0840. The Morgan fingerprint density at radius 2 is 2.18 bits per heavy atom. The van der Waals surface area contributed by atoms with E-state index in [4.69, 9.17) is 4.74 Å². The summed E-state index contributed by atoms with van der Waals surface area (Å²) in [6.45, 7) is 4.95. The van der Waals surface area contributed by atoms with Crippen molar-refractivity contribution in [1.82, 2.24) is 5.32 Å². The first-order valence-corrected chi connectivity index (χ1v) is 7.49. The highest BCUT2D eigenvalue weighted by atomic mass is 32.2. The molecule has 0 aliphatic rings. The SMILES string of the molecule is CCNC(CS(C)=O)c1cc(C)ccc1OC. The van der Waals surface area contributed by atoms with E-state index in [2.05, 4.69) is 18.3 Å². The maximum absolute atomic E-state index is 11.4. The molecular formula is C13H21NO2S. The highest BCUT2D eigenvalue weighted by molar-refractivity contribution is 7.84. The molecule has 0 saturated carbocycles. The summed E-state index contributed by atoms with van der Waals surface area (Å²) in [7, 11) is 0.834. The Bertz CT molecular complexity index is 393. The van der Waals surface area contributed by atoms with Crippen molar-refractivity contribution in [1.29, 1.82) is 0 Å². The highest BCUT2D eigenvalue weighted by Crippen LogP contribution is 2.26. The van der Waals surface area contributed by atoms with Gasteiger partial charge in [-0.3, -0.25) is 4.21 Å². The van der Waals surface area contributed by atoms with Gasteiger partial charge in [0.15, 0.2) is 0 Å². The molecular weight excluding hydrogens is 234 g/mol. The number of hydrogen-bond acceptors (Lipinski definition) is 3. The molecule has 0 spiro atoms. The van der Waals surface area contributed by atoms with Gasteiger partial charge < -0.3 is 10.1 Å². The molecule has 17 heavy (non-hydrogen) atoms. The van der Waals surface area contributed by atoms with Crippen LogP contribution in [0.5, 0.6) is 5.75 Å². The third-order valence-corrected chi connectivity index (χ3v) is 3.42. The van der Waals surface area contributed by atoms with E-state index < -0.39 is 10.8 Å². The molecule has 3 nitrogen and oxygen atoms in total. The van der Waals surface area contributed by atoms with Crippen LogP contribution in [0.15, 0.2) is 18.2 Å². The average Bonchev–Trinajstić information content (AvgIpc) is 2.28. The van der Waals surface area contributed by atoms with Crippen molar-refractivity contribution in [3.05, 3.63) is 29.3 Å². The van der Waals surface area contributed by atoms with E-state index in [1.165, 1.54) is 5.56 Å². The molecule has 0 heterocycles. The monoisotopic (exact) mass is 255 g/mol. The molecule has 0 fully saturated rings. The summed E-state index contributed by atoms with van der Waals surface area (Å²) in [5.74, 6) is 1.46. The van der Waals surface area contributed by atoms with Gasteiger partial charge in [0.1, 0.15) is 5.75 Å². The number of methoxy groups -OCH3 is 1. The first-order chi connectivity index (χ1) is 8.08. The molecule has 0 saturated heterocycles. The summed E-state index contributed by atoms with van der Waals surface area (Å²) >= 11 is 0. The second-order valence-corrected chi connectivity index (χ2v) is 5.58. The number of nitrogens with one attached hydrogen (secondary N) is 1. The summed E-state index contributed by atoms with van der Waals surface area (Å²) in [4.78, 5) is 0. The zero-order valence-corrected chi connectivity index (χ0v) is 11.8. The minimum atomic E-state index is -0.833. The van der Waals surface area contributed by atoms with Crippen molar-refractivity contribution in [3.63, 3.8) is 0 Å². The lowest BCUT2D eigenvalue weighted by molar-refractivity contribution is 0.402. The normalized spacial score (nSPS) is 14.4. The van der Waals surface area contributed by atoms with Crippen LogP contribution in [0.3, 0.4) is 0 Å². The summed E-state index contributed by atoms with van der Waals surface area (Å²) < 4.78 is 16.8. The number of hydrogen-bond donors (Lipinski definition) is 1. The topological polar surface area (TPSA) is 38.3 Å². The van der Waals surface area contributed by atoms with Gasteiger partial charge in [0, 0.05) is 34.4 Å². The van der Waals surface area contributed by atoms with Crippen LogP contribution in [-0.4, -0.2) is 29.9 Å². The lowest BCUT2D eigenvalue weighted by Gasteiger charge is -2.20. The Labute approximate surface area is 106 Å². The molecule has 0 bridgehead atoms. The predicted molar refractivity (Wildman–Crippen MR) is 73.1 cm³/mol. The second kappa shape index (κ2) is 6.77. The van der Waals surface area contributed by atoms with Crippen LogP contribution in [0.4, 0.5) is 0 Å². The van der Waals surface area contributed by atoms with Crippen molar-refractivity contribution in [2.24, 2.45) is 0 Å². The minimum Gasteiger partial charge on any atom is -0.496 e. The van der Waals surface area contributed by atoms with Crippen molar-refractivity contribution >= 4 is 10.8 Å². The lowest BCUT2D eigenvalue weighted by atomic mass is 10.0. The molecule has 1 N–H and O–H groups in total. The van der Waals surface area contributed by atoms with Crippen LogP contribution in [0, 0.1) is 6.92 Å². The summed E-state index contributed by atoms with van der Waals surface area (Å²) in [6.07, 6.45) is 1.73. The van der Waals surface area contributed by atoms with Gasteiger partial charge in [0.25, 0.3) is 0 Å². The molecule has 0 aliphatic carbocycles. The zero-order valence-electron chi connectivity index (χ0n) is 10.9. The Hall–Kier alpha value is -0.870. The molecule has 96 valence electrons. The van der Waals surface area contributed by atoms with Crippen molar-refractivity contribution in [3.8, 4) is 5.75 Å². The molecule has 0 aliphatic heterocycles. The van der Waals surface area contributed by atoms with E-state index >= 15 is 0 Å². The quantitative estimate of drug-likeness (QED) is 0.845. The molecule has 1 aromatic carbocycles. The van der Waals surface area contributed by atoms with Crippen LogP contribution >= 0.6 is 0 Å². The van der Waals surface area contributed by atoms with Crippen LogP contribution in [-0.2, 0) is 10.8 Å². The Morgan fingerprint density at radius 1 is 1.47 bits per heavy atom. The number of rotatable bonds is 6. The molecule has 2 atom stereocenters. The third kappa shape index (κ3) is 4.13. The van der Waals surface area contributed by atoms with Gasteiger partial charge in [-0.1, -0.05) is 24.6 Å². The van der Waals surface area contributed by atoms with E-state index in [0.29, 0.717) is 5.75 Å².